The molecule has 1 N–H and O–H groups in total. The summed E-state index contributed by atoms with van der Waals surface area (Å²) in [5, 5.41) is 20.3. The number of amides is 1. The largest absolute Gasteiger partial charge is 0.375 e. The summed E-state index contributed by atoms with van der Waals surface area (Å²) >= 11 is 0. The maximum absolute atomic E-state index is 12.0. The van der Waals surface area contributed by atoms with Crippen LogP contribution in [0.25, 0.3) is 0 Å². The Morgan fingerprint density at radius 2 is 2.00 bits per heavy atom. The predicted molar refractivity (Wildman–Crippen MR) is 64.3 cm³/mol. The van der Waals surface area contributed by atoms with E-state index in [-0.39, 0.29) is 12.0 Å². The zero-order valence-corrected chi connectivity index (χ0v) is 10.4. The fourth-order valence-corrected chi connectivity index (χ4v) is 1.81. The lowest BCUT2D eigenvalue weighted by Crippen LogP contribution is -2.42. The quantitative estimate of drug-likeness (QED) is 0.718. The van der Waals surface area contributed by atoms with Crippen LogP contribution >= 0.6 is 0 Å². The highest BCUT2D eigenvalue weighted by atomic mass is 16.5. The Morgan fingerprint density at radius 1 is 1.33 bits per heavy atom. The van der Waals surface area contributed by atoms with Crippen LogP contribution in [-0.2, 0) is 9.53 Å². The summed E-state index contributed by atoms with van der Waals surface area (Å²) in [5.74, 6) is -0.0470. The van der Waals surface area contributed by atoms with E-state index in [1.54, 1.807) is 4.90 Å². The summed E-state index contributed by atoms with van der Waals surface area (Å²) in [6, 6.07) is 4.03. The molecule has 0 saturated carbocycles. The lowest BCUT2D eigenvalue weighted by Gasteiger charge is -2.26. The van der Waals surface area contributed by atoms with E-state index >= 15 is 0 Å². The van der Waals surface area contributed by atoms with Gasteiger partial charge in [0.05, 0.1) is 44.1 Å². The second kappa shape index (κ2) is 8.46. The van der Waals surface area contributed by atoms with E-state index in [2.05, 4.69) is 5.32 Å². The van der Waals surface area contributed by atoms with E-state index in [1.807, 2.05) is 12.1 Å². The summed E-state index contributed by atoms with van der Waals surface area (Å²) in [6.07, 6.45) is 0.795. The van der Waals surface area contributed by atoms with Crippen LogP contribution < -0.4 is 5.32 Å². The first-order valence-corrected chi connectivity index (χ1v) is 6.12. The minimum absolute atomic E-state index is 0.0470. The smallest absolute Gasteiger partial charge is 0.225 e. The van der Waals surface area contributed by atoms with Crippen molar-refractivity contribution in [1.29, 1.82) is 10.5 Å². The van der Waals surface area contributed by atoms with Crippen LogP contribution in [0, 0.1) is 22.7 Å². The molecule has 1 atom stereocenters. The third kappa shape index (κ3) is 5.13. The second-order valence-corrected chi connectivity index (χ2v) is 4.10. The molecule has 0 spiro atoms. The number of carbonyl (C=O) groups excluding carboxylic acids is 1. The van der Waals surface area contributed by atoms with Gasteiger partial charge in [0.25, 0.3) is 0 Å². The molecule has 6 nitrogen and oxygen atoms in total. The van der Waals surface area contributed by atoms with Gasteiger partial charge in [0.15, 0.2) is 0 Å². The Bertz CT molecular complexity index is 321. The number of morpholine rings is 1. The first-order valence-electron chi connectivity index (χ1n) is 6.12. The summed E-state index contributed by atoms with van der Waals surface area (Å²) in [6.45, 7) is 2.88. The fraction of sp³-hybridized carbons (Fsp3) is 0.750. The number of hydrogen-bond acceptors (Lipinski definition) is 5. The number of nitrogens with zero attached hydrogens (tertiary/aromatic N) is 3. The van der Waals surface area contributed by atoms with Crippen molar-refractivity contribution in [3.05, 3.63) is 0 Å². The fourth-order valence-electron chi connectivity index (χ4n) is 1.81. The monoisotopic (exact) mass is 250 g/mol. The normalized spacial score (nSPS) is 18.7. The maximum atomic E-state index is 12.0. The highest BCUT2D eigenvalue weighted by Gasteiger charge is 2.21. The predicted octanol–water partition coefficient (Wildman–Crippen LogP) is 0.0209. The van der Waals surface area contributed by atoms with Crippen molar-refractivity contribution in [3.8, 4) is 12.1 Å². The molecule has 98 valence electrons. The lowest BCUT2D eigenvalue weighted by atomic mass is 10.2. The van der Waals surface area contributed by atoms with E-state index in [9.17, 15) is 4.79 Å². The summed E-state index contributed by atoms with van der Waals surface area (Å²) < 4.78 is 5.47. The minimum Gasteiger partial charge on any atom is -0.375 e. The highest BCUT2D eigenvalue weighted by Crippen LogP contribution is 2.06. The molecule has 0 aromatic rings. The van der Waals surface area contributed by atoms with Crippen molar-refractivity contribution in [2.75, 3.05) is 32.8 Å². The second-order valence-electron chi connectivity index (χ2n) is 4.10. The van der Waals surface area contributed by atoms with Crippen LogP contribution in [0.1, 0.15) is 19.3 Å². The van der Waals surface area contributed by atoms with E-state index in [0.29, 0.717) is 45.5 Å². The molecule has 0 aromatic heterocycles. The molecule has 1 unspecified atom stereocenters. The number of carbonyl (C=O) groups is 1. The molecule has 1 amide bonds. The Labute approximate surface area is 107 Å². The third-order valence-electron chi connectivity index (χ3n) is 2.75. The Kier molecular flexibility index (Phi) is 6.78. The van der Waals surface area contributed by atoms with Gasteiger partial charge in [0.1, 0.15) is 0 Å². The molecular weight excluding hydrogens is 232 g/mol. The van der Waals surface area contributed by atoms with Crippen LogP contribution in [0.3, 0.4) is 0 Å². The standard InChI is InChI=1S/C12H18N4O2/c13-3-1-6-16(7-2-4-14)12(17)9-11-10-15-5-8-18-11/h11,15H,1-2,5-10H2. The van der Waals surface area contributed by atoms with Crippen molar-refractivity contribution in [1.82, 2.24) is 10.2 Å². The molecular formula is C12H18N4O2. The van der Waals surface area contributed by atoms with Gasteiger partial charge < -0.3 is 15.0 Å². The van der Waals surface area contributed by atoms with Crippen LogP contribution in [-0.4, -0.2) is 49.7 Å². The Hall–Kier alpha value is -1.63. The topological polar surface area (TPSA) is 89.2 Å². The van der Waals surface area contributed by atoms with E-state index in [4.69, 9.17) is 15.3 Å². The van der Waals surface area contributed by atoms with Crippen molar-refractivity contribution in [3.63, 3.8) is 0 Å². The lowest BCUT2D eigenvalue weighted by molar-refractivity contribution is -0.134. The molecule has 1 aliphatic heterocycles. The van der Waals surface area contributed by atoms with Crippen LogP contribution in [0.15, 0.2) is 0 Å². The third-order valence-corrected chi connectivity index (χ3v) is 2.75. The summed E-state index contributed by atoms with van der Waals surface area (Å²) in [5.41, 5.74) is 0. The van der Waals surface area contributed by atoms with Crippen LogP contribution in [0.5, 0.6) is 0 Å². The molecule has 1 heterocycles. The average molecular weight is 250 g/mol. The van der Waals surface area contributed by atoms with Crippen LogP contribution in [0.4, 0.5) is 0 Å². The summed E-state index contributed by atoms with van der Waals surface area (Å²) in [7, 11) is 0. The molecule has 1 rings (SSSR count). The molecule has 0 aliphatic carbocycles. The zero-order chi connectivity index (χ0) is 13.2. The van der Waals surface area contributed by atoms with Gasteiger partial charge in [0.2, 0.25) is 5.91 Å². The van der Waals surface area contributed by atoms with Gasteiger partial charge in [-0.15, -0.1) is 0 Å². The van der Waals surface area contributed by atoms with Gasteiger partial charge in [-0.3, -0.25) is 4.79 Å². The number of nitrogens with one attached hydrogen (secondary N) is 1. The van der Waals surface area contributed by atoms with Gasteiger partial charge in [-0.2, -0.15) is 10.5 Å². The first-order chi connectivity index (χ1) is 8.77. The molecule has 1 saturated heterocycles. The average Bonchev–Trinajstić information content (AvgIpc) is 2.40. The molecule has 1 aliphatic rings. The van der Waals surface area contributed by atoms with E-state index < -0.39 is 0 Å². The maximum Gasteiger partial charge on any atom is 0.225 e. The number of rotatable bonds is 6. The van der Waals surface area contributed by atoms with Crippen molar-refractivity contribution < 1.29 is 9.53 Å². The molecule has 0 aromatic carbocycles. The molecule has 0 bridgehead atoms. The Morgan fingerprint density at radius 3 is 2.50 bits per heavy atom. The highest BCUT2D eigenvalue weighted by molar-refractivity contribution is 5.76. The van der Waals surface area contributed by atoms with E-state index in [0.717, 1.165) is 6.54 Å². The van der Waals surface area contributed by atoms with Gasteiger partial charge >= 0.3 is 0 Å². The van der Waals surface area contributed by atoms with Crippen LogP contribution in [0.2, 0.25) is 0 Å². The Balaban J connectivity index is 2.41. The summed E-state index contributed by atoms with van der Waals surface area (Å²) in [4.78, 5) is 13.6. The SMILES string of the molecule is N#CCCN(CCC#N)C(=O)CC1CNCCO1. The van der Waals surface area contributed by atoms with Crippen molar-refractivity contribution >= 4 is 5.91 Å². The number of ether oxygens (including phenoxy) is 1. The zero-order valence-electron chi connectivity index (χ0n) is 10.4. The molecule has 0 radical (unpaired) electrons. The van der Waals surface area contributed by atoms with Gasteiger partial charge in [-0.05, 0) is 0 Å². The molecule has 1 fully saturated rings. The van der Waals surface area contributed by atoms with E-state index in [1.165, 1.54) is 0 Å². The molecule has 6 heteroatoms. The number of nitriles is 2. The van der Waals surface area contributed by atoms with Gasteiger partial charge in [-0.25, -0.2) is 0 Å². The van der Waals surface area contributed by atoms with Gasteiger partial charge in [-0.1, -0.05) is 0 Å². The van der Waals surface area contributed by atoms with Gasteiger partial charge in [0, 0.05) is 26.2 Å². The number of hydrogen-bond donors (Lipinski definition) is 1. The molecule has 18 heavy (non-hydrogen) atoms. The van der Waals surface area contributed by atoms with Crippen molar-refractivity contribution in [2.45, 2.75) is 25.4 Å². The van der Waals surface area contributed by atoms with Crippen molar-refractivity contribution in [2.24, 2.45) is 0 Å². The first kappa shape index (κ1) is 14.4. The minimum atomic E-state index is -0.0991.